The zero-order valence-electron chi connectivity index (χ0n) is 57.1. The molecule has 0 aromatic rings. The van der Waals surface area contributed by atoms with Crippen LogP contribution in [0.15, 0.2) is 0 Å². The van der Waals surface area contributed by atoms with Gasteiger partial charge in [-0.25, -0.2) is 0 Å². The first-order valence-corrected chi connectivity index (χ1v) is 36.5. The van der Waals surface area contributed by atoms with Crippen LogP contribution >= 0.6 is 0 Å². The molecular formula is C66H112N2O33. The minimum atomic E-state index is -2.17. The first-order chi connectivity index (χ1) is 48.3. The van der Waals surface area contributed by atoms with Crippen molar-refractivity contribution in [2.75, 3.05) is 72.3 Å². The summed E-state index contributed by atoms with van der Waals surface area (Å²) in [6.07, 6.45) is -55.6. The zero-order chi connectivity index (χ0) is 72.0. The summed E-state index contributed by atoms with van der Waals surface area (Å²) in [7, 11) is 0. The normalized spacial score (nSPS) is 52.1. The van der Waals surface area contributed by atoms with Gasteiger partial charge in [0.2, 0.25) is 0 Å². The SMILES string of the molecule is CC(C)CCCCCN1CCCCN(CCC23CC4CC(CC(C4)C2)C3)CC2O[C@H]3O[C@H]4C(CO)O[C@@H](O[C@H]5C(CO)O[C@@H](O[C@H]6C(CO)O[C@@H](O[C@H]7C(C1)O[C@@H](O[C@H]1C(CO)O[C@@H](O[C@H]8C(CO)O[C@@H](O[C@@H]2C(O)[C@@H]3O)[C@@H](O)C8O)[C@@H](O)C1O)[C@@H](O)C7O)[C@@H](O)C6O)[C@@H](O)C5O)[C@@H](O)C4O. The lowest BCUT2D eigenvalue weighted by Crippen LogP contribution is -2.68. The van der Waals surface area contributed by atoms with E-state index in [9.17, 15) is 97.0 Å². The monoisotopic (exact) mass is 1460 g/mol. The van der Waals surface area contributed by atoms with E-state index in [0.29, 0.717) is 69.1 Å². The number of rotatable bonds is 14. The third-order valence-electron chi connectivity index (χ3n) is 23.4. The number of aliphatic hydroxyl groups is 19. The maximum Gasteiger partial charge on any atom is 0.187 e. The topological polar surface area (TPSA) is 520 Å². The maximum atomic E-state index is 12.5. The number of hydrogen-bond acceptors (Lipinski definition) is 35. The molecule has 4 saturated carbocycles. The number of hydrogen-bond donors (Lipinski definition) is 19. The van der Waals surface area contributed by atoms with Crippen LogP contribution in [-0.4, -0.2) is 394 Å². The van der Waals surface area contributed by atoms with Crippen molar-refractivity contribution in [3.8, 4) is 0 Å². The lowest BCUT2D eigenvalue weighted by Gasteiger charge is -2.57. The predicted octanol–water partition coefficient (Wildman–Crippen LogP) is -7.99. The van der Waals surface area contributed by atoms with Gasteiger partial charge in [0.05, 0.1) is 33.0 Å². The molecule has 0 amide bonds. The van der Waals surface area contributed by atoms with Crippen molar-refractivity contribution < 1.29 is 163 Å². The number of ether oxygens (including phenoxy) is 14. The minimum absolute atomic E-state index is 0.0261. The number of unbranched alkanes of at least 4 members (excludes halogenated alkanes) is 2. The van der Waals surface area contributed by atoms with Gasteiger partial charge >= 0.3 is 0 Å². The van der Waals surface area contributed by atoms with Gasteiger partial charge in [-0.05, 0) is 119 Å². The summed E-state index contributed by atoms with van der Waals surface area (Å²) in [5.74, 6) is 2.21. The molecule has 35 atom stereocenters. The van der Waals surface area contributed by atoms with Crippen molar-refractivity contribution in [1.82, 2.24) is 9.80 Å². The van der Waals surface area contributed by atoms with Crippen molar-refractivity contribution in [3.63, 3.8) is 0 Å². The maximum absolute atomic E-state index is 12.5. The molecule has 0 spiro atoms. The molecule has 35 heteroatoms. The van der Waals surface area contributed by atoms with E-state index < -0.39 is 248 Å². The Kier molecular flexibility index (Phi) is 26.8. The molecule has 101 heavy (non-hydrogen) atoms. The number of aliphatic hydroxyl groups excluding tert-OH is 19. The van der Waals surface area contributed by atoms with Crippen molar-refractivity contribution in [1.29, 1.82) is 0 Å². The summed E-state index contributed by atoms with van der Waals surface area (Å²) in [4.78, 5) is 4.18. The highest BCUT2D eigenvalue weighted by Crippen LogP contribution is 2.61. The van der Waals surface area contributed by atoms with Crippen LogP contribution in [0.25, 0.3) is 0 Å². The van der Waals surface area contributed by atoms with E-state index in [1.165, 1.54) is 19.3 Å². The molecule has 18 fully saturated rings. The lowest BCUT2D eigenvalue weighted by atomic mass is 9.49. The molecular weight excluding hydrogens is 1350 g/mol. The largest absolute Gasteiger partial charge is 0.394 e. The molecule has 0 aromatic carbocycles. The Labute approximate surface area is 585 Å². The van der Waals surface area contributed by atoms with E-state index in [2.05, 4.69) is 18.7 Å². The molecule has 19 N–H and O–H groups in total. The third-order valence-corrected chi connectivity index (χ3v) is 23.4. The van der Waals surface area contributed by atoms with Crippen LogP contribution in [0.5, 0.6) is 0 Å². The second-order valence-electron chi connectivity index (χ2n) is 31.0. The fourth-order valence-corrected chi connectivity index (χ4v) is 18.2. The van der Waals surface area contributed by atoms with Crippen LogP contribution in [0.1, 0.15) is 97.3 Å². The second-order valence-corrected chi connectivity index (χ2v) is 31.0. The molecule has 18 bridgehead atoms. The summed E-state index contributed by atoms with van der Waals surface area (Å²) in [5.41, 5.74) is 0.0261. The summed E-state index contributed by atoms with van der Waals surface area (Å²) < 4.78 is 86.6. The Morgan fingerprint density at radius 1 is 0.317 bits per heavy atom. The molecule has 35 nitrogen and oxygen atoms in total. The van der Waals surface area contributed by atoms with Gasteiger partial charge in [-0.3, -0.25) is 0 Å². The van der Waals surface area contributed by atoms with Crippen molar-refractivity contribution in [2.45, 2.75) is 312 Å². The average Bonchev–Trinajstić information content (AvgIpc) is 0.797. The molecule has 14 heterocycles. The van der Waals surface area contributed by atoms with Gasteiger partial charge in [0, 0.05) is 13.1 Å². The van der Waals surface area contributed by atoms with Crippen LogP contribution in [0.3, 0.4) is 0 Å². The van der Waals surface area contributed by atoms with Gasteiger partial charge in [-0.2, -0.15) is 0 Å². The Morgan fingerprint density at radius 2 is 0.584 bits per heavy atom. The van der Waals surface area contributed by atoms with E-state index in [4.69, 9.17) is 66.3 Å². The highest BCUT2D eigenvalue weighted by atomic mass is 16.8. The van der Waals surface area contributed by atoms with Gasteiger partial charge in [0.1, 0.15) is 171 Å². The Morgan fingerprint density at radius 3 is 0.871 bits per heavy atom. The molecule has 584 valence electrons. The van der Waals surface area contributed by atoms with Crippen LogP contribution in [0.4, 0.5) is 0 Å². The number of nitrogens with zero attached hydrogens (tertiary/aromatic N) is 2. The molecule has 18 rings (SSSR count). The summed E-state index contributed by atoms with van der Waals surface area (Å²) >= 11 is 0. The van der Waals surface area contributed by atoms with E-state index in [1.807, 2.05) is 4.90 Å². The fourth-order valence-electron chi connectivity index (χ4n) is 18.2. The molecule has 0 radical (unpaired) electrons. The minimum Gasteiger partial charge on any atom is -0.394 e. The number of fused-ring (bicyclic) bond motifs is 5. The van der Waals surface area contributed by atoms with Crippen LogP contribution in [-0.2, 0) is 66.3 Å². The average molecular weight is 1460 g/mol. The van der Waals surface area contributed by atoms with Crippen molar-refractivity contribution >= 4 is 0 Å². The quantitative estimate of drug-likeness (QED) is 0.0718. The molecule has 14 saturated heterocycles. The predicted molar refractivity (Wildman–Crippen MR) is 335 cm³/mol. The first-order valence-electron chi connectivity index (χ1n) is 36.5. The second kappa shape index (κ2) is 34.2. The molecule has 14 aliphatic heterocycles. The molecule has 0 aromatic heterocycles. The highest BCUT2D eigenvalue weighted by molar-refractivity contribution is 5.05. The molecule has 14 unspecified atom stereocenters. The van der Waals surface area contributed by atoms with Crippen molar-refractivity contribution in [3.05, 3.63) is 0 Å². The Bertz CT molecular complexity index is 2520. The van der Waals surface area contributed by atoms with E-state index in [0.717, 1.165) is 44.9 Å². The van der Waals surface area contributed by atoms with Gasteiger partial charge in [-0.1, -0.05) is 33.1 Å². The Hall–Kier alpha value is -1.40. The summed E-state index contributed by atoms with van der Waals surface area (Å²) in [5, 5.41) is 222. The lowest BCUT2D eigenvalue weighted by molar-refractivity contribution is -0.396. The summed E-state index contributed by atoms with van der Waals surface area (Å²) in [6, 6.07) is 0. The fraction of sp³-hybridized carbons (Fsp3) is 1.00. The standard InChI is InChI=1S/C66H112N2O33/c1-27(2)8-4-3-5-10-67-11-6-7-12-68(13-9-66-17-28-14-29(18-66)16-30(15-28)19-66)21-32-53-39(75)46(82)60(89-32)98-55-34(23-70)93-64(50(86)43(55)79)101-58-37(26-73)94-65(51(87)44(58)80)100-56-35(24-71)90-61(47(83)40(56)76)95-52-31(20-67)88-59(45(81)38(52)74)97-54-33(22-69)92-63(49(85)42(54)78)99-57-36(25-72)91-62(96-53)48(84)41(57)77/h27-65,69-87H,3-26H2,1-2H3/t28?,29?,30?,31?,32?,33?,34?,35?,36?,37?,38?,39?,40?,41?,42?,43?,44?,45-,46-,47-,48-,49-,50-,51-,52-,53-,54-,55-,56-,57-,58-,59-,60-,61-,62-,63-,64-,65-,66?/m0/s1. The van der Waals surface area contributed by atoms with Crippen molar-refractivity contribution in [2.24, 2.45) is 29.1 Å². The smallest absolute Gasteiger partial charge is 0.187 e. The first kappa shape index (κ1) is 79.2. The van der Waals surface area contributed by atoms with E-state index in [-0.39, 0.29) is 18.5 Å². The zero-order valence-corrected chi connectivity index (χ0v) is 57.1. The third kappa shape index (κ3) is 17.0. The van der Waals surface area contributed by atoms with Crippen LogP contribution in [0, 0.1) is 29.1 Å². The van der Waals surface area contributed by atoms with Gasteiger partial charge in [0.15, 0.2) is 44.0 Å². The highest BCUT2D eigenvalue weighted by Gasteiger charge is 2.61. The van der Waals surface area contributed by atoms with Gasteiger partial charge in [0.25, 0.3) is 0 Å². The van der Waals surface area contributed by atoms with Crippen LogP contribution in [0.2, 0.25) is 0 Å². The Balaban J connectivity index is 0.944. The van der Waals surface area contributed by atoms with E-state index >= 15 is 0 Å². The molecule has 18 aliphatic rings. The molecule has 4 aliphatic carbocycles. The van der Waals surface area contributed by atoms with Crippen LogP contribution < -0.4 is 0 Å². The summed E-state index contributed by atoms with van der Waals surface area (Å²) in [6.45, 7) is 0.693. The van der Waals surface area contributed by atoms with E-state index in [1.54, 1.807) is 0 Å². The van der Waals surface area contributed by atoms with Gasteiger partial charge < -0.3 is 173 Å². The van der Waals surface area contributed by atoms with Gasteiger partial charge in [-0.15, -0.1) is 0 Å².